The Kier molecular flexibility index (Phi) is 3.55. The summed E-state index contributed by atoms with van der Waals surface area (Å²) in [5.74, 6) is -1.09. The average Bonchev–Trinajstić information content (AvgIpc) is 3.04. The molecule has 1 heterocycles. The van der Waals surface area contributed by atoms with Crippen molar-refractivity contribution in [3.05, 3.63) is 29.3 Å². The Hall–Kier alpha value is -2.08. The van der Waals surface area contributed by atoms with Crippen LogP contribution in [0.2, 0.25) is 0 Å². The van der Waals surface area contributed by atoms with Crippen molar-refractivity contribution in [2.24, 2.45) is 0 Å². The van der Waals surface area contributed by atoms with Gasteiger partial charge in [0, 0.05) is 18.7 Å². The van der Waals surface area contributed by atoms with Crippen LogP contribution in [0.1, 0.15) is 24.0 Å². The molecule has 1 aliphatic heterocycles. The summed E-state index contributed by atoms with van der Waals surface area (Å²) in [5.41, 5.74) is 3.23. The number of benzene rings is 1. The van der Waals surface area contributed by atoms with Crippen molar-refractivity contribution in [3.8, 4) is 0 Å². The number of aliphatic carboxylic acids is 1. The van der Waals surface area contributed by atoms with Gasteiger partial charge in [0.05, 0.1) is 6.10 Å². The predicted octanol–water partition coefficient (Wildman–Crippen LogP) is 1.23. The summed E-state index contributed by atoms with van der Waals surface area (Å²) < 4.78 is 0. The molecule has 21 heavy (non-hydrogen) atoms. The predicted molar refractivity (Wildman–Crippen MR) is 76.2 cm³/mol. The van der Waals surface area contributed by atoms with E-state index in [2.05, 4.69) is 5.32 Å². The van der Waals surface area contributed by atoms with Crippen LogP contribution in [0.15, 0.2) is 18.2 Å². The average molecular weight is 290 g/mol. The number of rotatable bonds is 2. The van der Waals surface area contributed by atoms with E-state index < -0.39 is 24.1 Å². The van der Waals surface area contributed by atoms with Gasteiger partial charge in [-0.15, -0.1) is 0 Å². The van der Waals surface area contributed by atoms with Crippen LogP contribution in [0.4, 0.5) is 10.5 Å². The Morgan fingerprint density at radius 1 is 1.24 bits per heavy atom. The van der Waals surface area contributed by atoms with Crippen molar-refractivity contribution in [1.29, 1.82) is 0 Å². The van der Waals surface area contributed by atoms with E-state index in [0.29, 0.717) is 5.69 Å². The van der Waals surface area contributed by atoms with E-state index >= 15 is 0 Å². The van der Waals surface area contributed by atoms with Crippen molar-refractivity contribution in [2.45, 2.75) is 37.8 Å². The minimum Gasteiger partial charge on any atom is -0.480 e. The third kappa shape index (κ3) is 2.71. The van der Waals surface area contributed by atoms with Gasteiger partial charge in [-0.1, -0.05) is 6.07 Å². The van der Waals surface area contributed by atoms with E-state index in [9.17, 15) is 14.7 Å². The molecule has 0 unspecified atom stereocenters. The second-order valence-corrected chi connectivity index (χ2v) is 5.66. The molecule has 2 aliphatic rings. The molecule has 3 rings (SSSR count). The Morgan fingerprint density at radius 2 is 2.00 bits per heavy atom. The number of hydrogen-bond donors (Lipinski definition) is 3. The maximum absolute atomic E-state index is 12.2. The fraction of sp³-hybridized carbons (Fsp3) is 0.467. The number of nitrogens with zero attached hydrogens (tertiary/aromatic N) is 1. The number of likely N-dealkylation sites (tertiary alicyclic amines) is 1. The molecule has 1 aliphatic carbocycles. The molecular weight excluding hydrogens is 272 g/mol. The zero-order valence-electron chi connectivity index (χ0n) is 11.6. The smallest absolute Gasteiger partial charge is 0.326 e. The molecule has 0 saturated carbocycles. The number of aliphatic hydroxyl groups excluding tert-OH is 1. The number of carboxylic acids is 1. The number of carbonyl (C=O) groups is 2. The molecule has 6 heteroatoms. The first-order valence-electron chi connectivity index (χ1n) is 7.15. The van der Waals surface area contributed by atoms with Gasteiger partial charge >= 0.3 is 12.0 Å². The van der Waals surface area contributed by atoms with E-state index in [-0.39, 0.29) is 13.0 Å². The molecule has 6 nitrogen and oxygen atoms in total. The minimum atomic E-state index is -1.09. The van der Waals surface area contributed by atoms with Gasteiger partial charge in [0.1, 0.15) is 6.04 Å². The Labute approximate surface area is 122 Å². The number of anilines is 1. The van der Waals surface area contributed by atoms with Gasteiger partial charge in [-0.05, 0) is 42.5 Å². The highest BCUT2D eigenvalue weighted by Gasteiger charge is 2.39. The molecule has 1 aromatic carbocycles. The van der Waals surface area contributed by atoms with Crippen molar-refractivity contribution >= 4 is 17.7 Å². The number of urea groups is 1. The lowest BCUT2D eigenvalue weighted by Gasteiger charge is -2.21. The van der Waals surface area contributed by atoms with E-state index in [1.165, 1.54) is 16.0 Å². The van der Waals surface area contributed by atoms with Crippen LogP contribution in [0.5, 0.6) is 0 Å². The number of fused-ring (bicyclic) bond motifs is 1. The summed E-state index contributed by atoms with van der Waals surface area (Å²) in [6.45, 7) is 0.0493. The highest BCUT2D eigenvalue weighted by atomic mass is 16.4. The lowest BCUT2D eigenvalue weighted by molar-refractivity contribution is -0.141. The molecule has 1 fully saturated rings. The van der Waals surface area contributed by atoms with Crippen LogP contribution in [0.3, 0.4) is 0 Å². The van der Waals surface area contributed by atoms with Gasteiger partial charge in [-0.25, -0.2) is 9.59 Å². The summed E-state index contributed by atoms with van der Waals surface area (Å²) in [7, 11) is 0. The highest BCUT2D eigenvalue weighted by molar-refractivity contribution is 5.93. The number of β-amino-alcohol motifs (C(OH)–C–C–N with tert-alkyl or cyclic N) is 1. The van der Waals surface area contributed by atoms with Crippen LogP contribution in [-0.4, -0.2) is 45.8 Å². The zero-order valence-corrected chi connectivity index (χ0v) is 11.6. The highest BCUT2D eigenvalue weighted by Crippen LogP contribution is 2.26. The van der Waals surface area contributed by atoms with Crippen LogP contribution < -0.4 is 5.32 Å². The maximum atomic E-state index is 12.2. The SMILES string of the molecule is O=C(O)[C@@H]1C[C@@H](O)CN1C(=O)Nc1ccc2c(c1)CCC2. The van der Waals surface area contributed by atoms with Crippen LogP contribution in [-0.2, 0) is 17.6 Å². The first-order chi connectivity index (χ1) is 10.0. The van der Waals surface area contributed by atoms with Gasteiger partial charge in [0.25, 0.3) is 0 Å². The first-order valence-corrected chi connectivity index (χ1v) is 7.15. The largest absolute Gasteiger partial charge is 0.480 e. The van der Waals surface area contributed by atoms with Crippen LogP contribution in [0.25, 0.3) is 0 Å². The molecule has 2 amide bonds. The number of hydrogen-bond acceptors (Lipinski definition) is 3. The Morgan fingerprint density at radius 3 is 2.76 bits per heavy atom. The van der Waals surface area contributed by atoms with E-state index in [0.717, 1.165) is 19.3 Å². The summed E-state index contributed by atoms with van der Waals surface area (Å²) in [5, 5.41) is 21.4. The standard InChI is InChI=1S/C15H18N2O4/c18-12-7-13(14(19)20)17(8-12)15(21)16-11-5-4-9-2-1-3-10(9)6-11/h4-6,12-13,18H,1-3,7-8H2,(H,16,21)(H,19,20)/t12-,13+/m1/s1. The van der Waals surface area contributed by atoms with Gasteiger partial charge in [-0.3, -0.25) is 0 Å². The summed E-state index contributed by atoms with van der Waals surface area (Å²) in [6, 6.07) is 4.35. The molecule has 1 saturated heterocycles. The van der Waals surface area contributed by atoms with E-state index in [1.807, 2.05) is 18.2 Å². The Bertz CT molecular complexity index is 587. The molecule has 2 atom stereocenters. The number of aryl methyl sites for hydroxylation is 2. The second-order valence-electron chi connectivity index (χ2n) is 5.66. The molecule has 0 spiro atoms. The second kappa shape index (κ2) is 5.37. The number of carbonyl (C=O) groups excluding carboxylic acids is 1. The van der Waals surface area contributed by atoms with Gasteiger partial charge in [0.15, 0.2) is 0 Å². The third-order valence-electron chi connectivity index (χ3n) is 4.17. The number of carboxylic acid groups (broad SMARTS) is 1. The quantitative estimate of drug-likeness (QED) is 0.764. The van der Waals surface area contributed by atoms with Gasteiger partial charge in [0.2, 0.25) is 0 Å². The molecule has 3 N–H and O–H groups in total. The molecule has 0 bridgehead atoms. The zero-order chi connectivity index (χ0) is 15.0. The summed E-state index contributed by atoms with van der Waals surface area (Å²) in [6.07, 6.45) is 2.51. The fourth-order valence-electron chi connectivity index (χ4n) is 3.12. The van der Waals surface area contributed by atoms with Crippen molar-refractivity contribution < 1.29 is 19.8 Å². The first kappa shape index (κ1) is 13.9. The molecule has 0 aromatic heterocycles. The lowest BCUT2D eigenvalue weighted by atomic mass is 10.1. The van der Waals surface area contributed by atoms with E-state index in [1.54, 1.807) is 0 Å². The van der Waals surface area contributed by atoms with Crippen LogP contribution in [0, 0.1) is 0 Å². The third-order valence-corrected chi connectivity index (χ3v) is 4.17. The normalized spacial score (nSPS) is 24.0. The van der Waals surface area contributed by atoms with Gasteiger partial charge < -0.3 is 20.4 Å². The Balaban J connectivity index is 1.72. The summed E-state index contributed by atoms with van der Waals surface area (Å²) >= 11 is 0. The monoisotopic (exact) mass is 290 g/mol. The van der Waals surface area contributed by atoms with Crippen molar-refractivity contribution in [3.63, 3.8) is 0 Å². The maximum Gasteiger partial charge on any atom is 0.326 e. The fourth-order valence-corrected chi connectivity index (χ4v) is 3.12. The lowest BCUT2D eigenvalue weighted by Crippen LogP contribution is -2.43. The summed E-state index contributed by atoms with van der Waals surface area (Å²) in [4.78, 5) is 24.5. The minimum absolute atomic E-state index is 0.0493. The van der Waals surface area contributed by atoms with Crippen LogP contribution >= 0.6 is 0 Å². The topological polar surface area (TPSA) is 89.9 Å². The van der Waals surface area contributed by atoms with Gasteiger partial charge in [-0.2, -0.15) is 0 Å². The molecule has 1 aromatic rings. The van der Waals surface area contributed by atoms with Crippen molar-refractivity contribution in [2.75, 3.05) is 11.9 Å². The number of aliphatic hydroxyl groups is 1. The molecular formula is C15H18N2O4. The van der Waals surface area contributed by atoms with E-state index in [4.69, 9.17) is 5.11 Å². The van der Waals surface area contributed by atoms with Crippen molar-refractivity contribution in [1.82, 2.24) is 4.90 Å². The number of amides is 2. The molecule has 0 radical (unpaired) electrons. The molecule has 112 valence electrons. The number of nitrogens with one attached hydrogen (secondary N) is 1.